The monoisotopic (exact) mass is 218 g/mol. The van der Waals surface area contributed by atoms with Crippen LogP contribution in [-0.2, 0) is 6.42 Å². The third-order valence-corrected chi connectivity index (χ3v) is 3.36. The summed E-state index contributed by atoms with van der Waals surface area (Å²) in [6, 6.07) is 6.38. The van der Waals surface area contributed by atoms with E-state index < -0.39 is 0 Å². The SMILES string of the molecule is CN1CC(C)(Oc2ccc3c(c2)CCN3)C1. The largest absolute Gasteiger partial charge is 0.485 e. The summed E-state index contributed by atoms with van der Waals surface area (Å²) in [6.07, 6.45) is 1.11. The van der Waals surface area contributed by atoms with E-state index >= 15 is 0 Å². The fourth-order valence-corrected chi connectivity index (χ4v) is 2.79. The molecule has 2 heterocycles. The molecule has 1 saturated heterocycles. The van der Waals surface area contributed by atoms with Gasteiger partial charge in [0.25, 0.3) is 0 Å². The van der Waals surface area contributed by atoms with E-state index in [0.717, 1.165) is 31.8 Å². The van der Waals surface area contributed by atoms with Crippen molar-refractivity contribution in [3.63, 3.8) is 0 Å². The van der Waals surface area contributed by atoms with Crippen LogP contribution >= 0.6 is 0 Å². The summed E-state index contributed by atoms with van der Waals surface area (Å²) in [7, 11) is 2.12. The van der Waals surface area contributed by atoms with Crippen LogP contribution in [0.3, 0.4) is 0 Å². The van der Waals surface area contributed by atoms with Crippen LogP contribution in [0.4, 0.5) is 5.69 Å². The molecule has 0 atom stereocenters. The van der Waals surface area contributed by atoms with Crippen LogP contribution in [0.5, 0.6) is 5.75 Å². The minimum Gasteiger partial charge on any atom is -0.485 e. The summed E-state index contributed by atoms with van der Waals surface area (Å²) in [5.41, 5.74) is 2.66. The lowest BCUT2D eigenvalue weighted by molar-refractivity contribution is -0.0496. The number of fused-ring (bicyclic) bond motifs is 1. The molecule has 0 amide bonds. The highest BCUT2D eigenvalue weighted by Gasteiger charge is 2.38. The van der Waals surface area contributed by atoms with Crippen LogP contribution in [0.25, 0.3) is 0 Å². The molecular weight excluding hydrogens is 200 g/mol. The predicted molar refractivity (Wildman–Crippen MR) is 65.2 cm³/mol. The number of likely N-dealkylation sites (N-methyl/N-ethyl adjacent to an activating group) is 1. The third-order valence-electron chi connectivity index (χ3n) is 3.36. The Kier molecular flexibility index (Phi) is 2.11. The summed E-state index contributed by atoms with van der Waals surface area (Å²) >= 11 is 0. The number of nitrogens with zero attached hydrogens (tertiary/aromatic N) is 1. The number of hydrogen-bond acceptors (Lipinski definition) is 3. The number of hydrogen-bond donors (Lipinski definition) is 1. The summed E-state index contributed by atoms with van der Waals surface area (Å²) in [5.74, 6) is 1.01. The number of rotatable bonds is 2. The van der Waals surface area contributed by atoms with Crippen molar-refractivity contribution in [3.05, 3.63) is 23.8 Å². The van der Waals surface area contributed by atoms with Crippen LogP contribution in [0.1, 0.15) is 12.5 Å². The summed E-state index contributed by atoms with van der Waals surface area (Å²) in [4.78, 5) is 2.27. The zero-order chi connectivity index (χ0) is 11.2. The van der Waals surface area contributed by atoms with Crippen molar-refractivity contribution in [3.8, 4) is 5.75 Å². The Balaban J connectivity index is 1.76. The maximum Gasteiger partial charge on any atom is 0.131 e. The average Bonchev–Trinajstić information content (AvgIpc) is 2.62. The highest BCUT2D eigenvalue weighted by Crippen LogP contribution is 2.31. The molecule has 1 N–H and O–H groups in total. The minimum atomic E-state index is 0.00895. The molecular formula is C13H18N2O. The molecule has 0 bridgehead atoms. The Morgan fingerprint density at radius 1 is 1.38 bits per heavy atom. The van der Waals surface area contributed by atoms with Gasteiger partial charge >= 0.3 is 0 Å². The normalized spacial score (nSPS) is 22.1. The van der Waals surface area contributed by atoms with E-state index in [1.165, 1.54) is 11.3 Å². The van der Waals surface area contributed by atoms with Gasteiger partial charge in [0.1, 0.15) is 11.4 Å². The fraction of sp³-hybridized carbons (Fsp3) is 0.538. The molecule has 16 heavy (non-hydrogen) atoms. The van der Waals surface area contributed by atoms with E-state index in [9.17, 15) is 0 Å². The fourth-order valence-electron chi connectivity index (χ4n) is 2.79. The Bertz CT molecular complexity index is 410. The number of likely N-dealkylation sites (tertiary alicyclic amines) is 1. The second-order valence-corrected chi connectivity index (χ2v) is 5.22. The number of ether oxygens (including phenoxy) is 1. The second kappa shape index (κ2) is 3.39. The van der Waals surface area contributed by atoms with Crippen LogP contribution in [-0.4, -0.2) is 37.2 Å². The lowest BCUT2D eigenvalue weighted by Gasteiger charge is -2.45. The van der Waals surface area contributed by atoms with Gasteiger partial charge in [0.05, 0.1) is 0 Å². The molecule has 1 fully saturated rings. The first-order valence-corrected chi connectivity index (χ1v) is 5.89. The standard InChI is InChI=1S/C13H18N2O/c1-13(8-15(2)9-13)16-11-3-4-12-10(7-11)5-6-14-12/h3-4,7,14H,5-6,8-9H2,1-2H3. The van der Waals surface area contributed by atoms with Crippen molar-refractivity contribution in [2.45, 2.75) is 18.9 Å². The third kappa shape index (κ3) is 1.65. The average molecular weight is 218 g/mol. The molecule has 0 aliphatic carbocycles. The second-order valence-electron chi connectivity index (χ2n) is 5.22. The molecule has 0 radical (unpaired) electrons. The molecule has 3 heteroatoms. The smallest absolute Gasteiger partial charge is 0.131 e. The topological polar surface area (TPSA) is 24.5 Å². The molecule has 3 nitrogen and oxygen atoms in total. The van der Waals surface area contributed by atoms with Gasteiger partial charge in [0, 0.05) is 25.3 Å². The van der Waals surface area contributed by atoms with Gasteiger partial charge < -0.3 is 10.1 Å². The number of anilines is 1. The van der Waals surface area contributed by atoms with E-state index in [1.807, 2.05) is 0 Å². The first kappa shape index (κ1) is 9.97. The molecule has 1 aromatic rings. The van der Waals surface area contributed by atoms with Crippen molar-refractivity contribution in [2.75, 3.05) is 32.0 Å². The summed E-state index contributed by atoms with van der Waals surface area (Å²) in [6.45, 7) is 5.27. The van der Waals surface area contributed by atoms with Crippen LogP contribution in [0.2, 0.25) is 0 Å². The number of nitrogens with one attached hydrogen (secondary N) is 1. The first-order chi connectivity index (χ1) is 7.65. The van der Waals surface area contributed by atoms with Crippen molar-refractivity contribution in [2.24, 2.45) is 0 Å². The van der Waals surface area contributed by atoms with Crippen LogP contribution in [0.15, 0.2) is 18.2 Å². The van der Waals surface area contributed by atoms with Crippen LogP contribution < -0.4 is 10.1 Å². The predicted octanol–water partition coefficient (Wildman–Crippen LogP) is 1.74. The maximum absolute atomic E-state index is 6.06. The van der Waals surface area contributed by atoms with Crippen molar-refractivity contribution >= 4 is 5.69 Å². The Hall–Kier alpha value is -1.22. The van der Waals surface area contributed by atoms with E-state index in [4.69, 9.17) is 4.74 Å². The molecule has 1 aromatic carbocycles. The molecule has 0 spiro atoms. The summed E-state index contributed by atoms with van der Waals surface area (Å²) < 4.78 is 6.06. The van der Waals surface area contributed by atoms with E-state index in [2.05, 4.69) is 42.4 Å². The van der Waals surface area contributed by atoms with Crippen LogP contribution in [0, 0.1) is 0 Å². The molecule has 86 valence electrons. The molecule has 2 aliphatic rings. The van der Waals surface area contributed by atoms with Gasteiger partial charge in [-0.1, -0.05) is 0 Å². The first-order valence-electron chi connectivity index (χ1n) is 5.89. The zero-order valence-electron chi connectivity index (χ0n) is 9.92. The lowest BCUT2D eigenvalue weighted by atomic mass is 9.97. The molecule has 2 aliphatic heterocycles. The van der Waals surface area contributed by atoms with Gasteiger partial charge in [0.15, 0.2) is 0 Å². The van der Waals surface area contributed by atoms with Gasteiger partial charge in [-0.3, -0.25) is 4.90 Å². The van der Waals surface area contributed by atoms with E-state index in [-0.39, 0.29) is 5.60 Å². The zero-order valence-corrected chi connectivity index (χ0v) is 9.92. The Labute approximate surface area is 96.4 Å². The van der Waals surface area contributed by atoms with Gasteiger partial charge in [-0.15, -0.1) is 0 Å². The molecule has 3 rings (SSSR count). The van der Waals surface area contributed by atoms with Crippen molar-refractivity contribution in [1.82, 2.24) is 4.90 Å². The van der Waals surface area contributed by atoms with Gasteiger partial charge in [0.2, 0.25) is 0 Å². The van der Waals surface area contributed by atoms with Gasteiger partial charge in [-0.25, -0.2) is 0 Å². The molecule has 0 aromatic heterocycles. The minimum absolute atomic E-state index is 0.00895. The summed E-state index contributed by atoms with van der Waals surface area (Å²) in [5, 5.41) is 3.36. The number of benzene rings is 1. The lowest BCUT2D eigenvalue weighted by Crippen LogP contribution is -2.61. The van der Waals surface area contributed by atoms with Crippen molar-refractivity contribution < 1.29 is 4.74 Å². The highest BCUT2D eigenvalue weighted by molar-refractivity contribution is 5.57. The molecule has 0 saturated carbocycles. The highest BCUT2D eigenvalue weighted by atomic mass is 16.5. The molecule has 0 unspecified atom stereocenters. The van der Waals surface area contributed by atoms with Gasteiger partial charge in [-0.05, 0) is 44.2 Å². The Morgan fingerprint density at radius 2 is 2.19 bits per heavy atom. The van der Waals surface area contributed by atoms with E-state index in [1.54, 1.807) is 0 Å². The quantitative estimate of drug-likeness (QED) is 0.818. The van der Waals surface area contributed by atoms with Gasteiger partial charge in [-0.2, -0.15) is 0 Å². The van der Waals surface area contributed by atoms with E-state index in [0.29, 0.717) is 0 Å². The Morgan fingerprint density at radius 3 is 2.94 bits per heavy atom. The maximum atomic E-state index is 6.06. The van der Waals surface area contributed by atoms with Crippen molar-refractivity contribution in [1.29, 1.82) is 0 Å².